The number of nitrogens with one attached hydrogen (secondary N) is 2. The van der Waals surface area contributed by atoms with Crippen LogP contribution in [0.15, 0.2) is 60.7 Å². The number of benzene rings is 2. The van der Waals surface area contributed by atoms with Gasteiger partial charge in [-0.2, -0.15) is 5.21 Å². The van der Waals surface area contributed by atoms with Crippen LogP contribution < -0.4 is 10.1 Å². The predicted octanol–water partition coefficient (Wildman–Crippen LogP) is 3.07. The van der Waals surface area contributed by atoms with E-state index < -0.39 is 0 Å². The Hall–Kier alpha value is -3.48. The third kappa shape index (κ3) is 4.08. The number of nitrogens with zero attached hydrogens (tertiary/aromatic N) is 3. The van der Waals surface area contributed by atoms with E-state index in [1.54, 1.807) is 30.3 Å². The summed E-state index contributed by atoms with van der Waals surface area (Å²) in [5.74, 6) is 0.869. The third-order valence-electron chi connectivity index (χ3n) is 3.36. The second-order valence-electron chi connectivity index (χ2n) is 5.51. The van der Waals surface area contributed by atoms with Crippen molar-refractivity contribution in [2.75, 3.05) is 11.9 Å². The van der Waals surface area contributed by atoms with Gasteiger partial charge in [0.15, 0.2) is 0 Å². The number of carbonyl (C=O) groups is 1. The monoisotopic (exact) mass is 335 g/mol. The van der Waals surface area contributed by atoms with Gasteiger partial charge in [0.25, 0.3) is 5.91 Å². The molecule has 0 spiro atoms. The highest BCUT2D eigenvalue weighted by atomic mass is 16.5. The molecule has 0 aliphatic carbocycles. The lowest BCUT2D eigenvalue weighted by atomic mass is 10.1. The van der Waals surface area contributed by atoms with Crippen LogP contribution in [0.25, 0.3) is 11.4 Å². The number of amides is 1. The van der Waals surface area contributed by atoms with Crippen LogP contribution in [0.4, 0.5) is 5.69 Å². The lowest BCUT2D eigenvalue weighted by Crippen LogP contribution is -2.12. The second-order valence-corrected chi connectivity index (χ2v) is 5.51. The molecule has 1 aromatic heterocycles. The number of ether oxygens (including phenoxy) is 1. The summed E-state index contributed by atoms with van der Waals surface area (Å²) in [6.07, 6.45) is 0. The van der Waals surface area contributed by atoms with Crippen molar-refractivity contribution in [1.29, 1.82) is 0 Å². The van der Waals surface area contributed by atoms with Crippen molar-refractivity contribution >= 4 is 11.6 Å². The molecule has 0 aliphatic rings. The molecular weight excluding hydrogens is 318 g/mol. The summed E-state index contributed by atoms with van der Waals surface area (Å²) in [7, 11) is 0. The van der Waals surface area contributed by atoms with E-state index in [4.69, 9.17) is 4.74 Å². The number of hydrogen-bond donors (Lipinski definition) is 2. The van der Waals surface area contributed by atoms with E-state index in [-0.39, 0.29) is 5.91 Å². The highest BCUT2D eigenvalue weighted by Crippen LogP contribution is 2.24. The van der Waals surface area contributed by atoms with Crippen LogP contribution in [0.2, 0.25) is 0 Å². The van der Waals surface area contributed by atoms with Crippen LogP contribution in [0.1, 0.15) is 17.3 Å². The quantitative estimate of drug-likeness (QED) is 0.675. The van der Waals surface area contributed by atoms with Gasteiger partial charge in [0.1, 0.15) is 12.4 Å². The number of tetrazole rings is 1. The lowest BCUT2D eigenvalue weighted by molar-refractivity contribution is 0.102. The summed E-state index contributed by atoms with van der Waals surface area (Å²) in [6, 6.07) is 14.2. The van der Waals surface area contributed by atoms with E-state index >= 15 is 0 Å². The number of aromatic amines is 1. The lowest BCUT2D eigenvalue weighted by Gasteiger charge is -2.10. The third-order valence-corrected chi connectivity index (χ3v) is 3.36. The van der Waals surface area contributed by atoms with Gasteiger partial charge in [0.2, 0.25) is 5.82 Å². The summed E-state index contributed by atoms with van der Waals surface area (Å²) in [5, 5.41) is 16.7. The van der Waals surface area contributed by atoms with E-state index in [0.29, 0.717) is 35.0 Å². The maximum atomic E-state index is 12.5. The molecular formula is C18H17N5O2. The number of carbonyl (C=O) groups excluding carboxylic acids is 1. The first kappa shape index (κ1) is 16.4. The van der Waals surface area contributed by atoms with Gasteiger partial charge in [-0.25, -0.2) is 0 Å². The Morgan fingerprint density at radius 2 is 1.96 bits per heavy atom. The summed E-state index contributed by atoms with van der Waals surface area (Å²) in [4.78, 5) is 12.5. The zero-order valence-corrected chi connectivity index (χ0v) is 13.7. The van der Waals surface area contributed by atoms with E-state index in [1.807, 2.05) is 25.1 Å². The fourth-order valence-electron chi connectivity index (χ4n) is 2.17. The van der Waals surface area contributed by atoms with Crippen LogP contribution in [-0.4, -0.2) is 33.1 Å². The molecule has 1 heterocycles. The van der Waals surface area contributed by atoms with Gasteiger partial charge >= 0.3 is 0 Å². The smallest absolute Gasteiger partial charge is 0.255 e. The fourth-order valence-corrected chi connectivity index (χ4v) is 2.17. The number of para-hydroxylation sites is 1. The summed E-state index contributed by atoms with van der Waals surface area (Å²) >= 11 is 0. The Bertz CT molecular complexity index is 873. The molecule has 25 heavy (non-hydrogen) atoms. The van der Waals surface area contributed by atoms with Crippen molar-refractivity contribution in [2.45, 2.75) is 6.92 Å². The van der Waals surface area contributed by atoms with Crippen LogP contribution in [0.3, 0.4) is 0 Å². The summed E-state index contributed by atoms with van der Waals surface area (Å²) < 4.78 is 5.53. The average Bonchev–Trinajstić information content (AvgIpc) is 3.15. The minimum absolute atomic E-state index is 0.234. The molecule has 0 fully saturated rings. The van der Waals surface area contributed by atoms with Gasteiger partial charge in [-0.15, -0.1) is 10.2 Å². The summed E-state index contributed by atoms with van der Waals surface area (Å²) in [5.41, 5.74) is 2.74. The molecule has 0 unspecified atom stereocenters. The molecule has 0 saturated heterocycles. The van der Waals surface area contributed by atoms with Gasteiger partial charge in [0, 0.05) is 11.1 Å². The molecule has 2 N–H and O–H groups in total. The molecule has 1 amide bonds. The first-order valence-corrected chi connectivity index (χ1v) is 7.65. The number of aromatic nitrogens is 4. The first-order valence-electron chi connectivity index (χ1n) is 7.65. The van der Waals surface area contributed by atoms with E-state index in [1.165, 1.54) is 0 Å². The second kappa shape index (κ2) is 7.39. The largest absolute Gasteiger partial charge is 0.489 e. The number of rotatable bonds is 6. The Labute approximate surface area is 144 Å². The van der Waals surface area contributed by atoms with Gasteiger partial charge < -0.3 is 10.1 Å². The standard InChI is InChI=1S/C18H17N5O2/c1-12(2)11-25-14-9-7-13(8-10-14)18(24)19-16-6-4-3-5-15(16)17-20-22-23-21-17/h3-10H,1,11H2,2H3,(H,19,24)(H,20,21,22,23). The highest BCUT2D eigenvalue weighted by molar-refractivity contribution is 6.06. The van der Waals surface area contributed by atoms with E-state index in [9.17, 15) is 4.79 Å². The highest BCUT2D eigenvalue weighted by Gasteiger charge is 2.12. The number of H-pyrrole nitrogens is 1. The minimum atomic E-state index is -0.234. The van der Waals surface area contributed by atoms with Crippen molar-refractivity contribution in [1.82, 2.24) is 20.6 Å². The Morgan fingerprint density at radius 1 is 1.20 bits per heavy atom. The van der Waals surface area contributed by atoms with Crippen molar-refractivity contribution < 1.29 is 9.53 Å². The van der Waals surface area contributed by atoms with Crippen LogP contribution >= 0.6 is 0 Å². The summed E-state index contributed by atoms with van der Waals surface area (Å²) in [6.45, 7) is 6.13. The van der Waals surface area contributed by atoms with Crippen molar-refractivity contribution in [3.63, 3.8) is 0 Å². The number of anilines is 1. The number of hydrogen-bond acceptors (Lipinski definition) is 5. The van der Waals surface area contributed by atoms with E-state index in [2.05, 4.69) is 32.5 Å². The molecule has 0 saturated carbocycles. The van der Waals surface area contributed by atoms with Crippen LogP contribution in [0.5, 0.6) is 5.75 Å². The molecule has 0 bridgehead atoms. The first-order chi connectivity index (χ1) is 12.1. The van der Waals surface area contributed by atoms with E-state index in [0.717, 1.165) is 5.57 Å². The Balaban J connectivity index is 1.74. The molecule has 0 aliphatic heterocycles. The average molecular weight is 335 g/mol. The zero-order valence-electron chi connectivity index (χ0n) is 13.7. The maximum Gasteiger partial charge on any atom is 0.255 e. The van der Waals surface area contributed by atoms with Gasteiger partial charge in [-0.3, -0.25) is 4.79 Å². The van der Waals surface area contributed by atoms with Crippen LogP contribution in [-0.2, 0) is 0 Å². The van der Waals surface area contributed by atoms with Gasteiger partial charge in [0.05, 0.1) is 5.69 Å². The minimum Gasteiger partial charge on any atom is -0.489 e. The molecule has 0 radical (unpaired) electrons. The Morgan fingerprint density at radius 3 is 2.64 bits per heavy atom. The topological polar surface area (TPSA) is 92.8 Å². The molecule has 7 heteroatoms. The maximum absolute atomic E-state index is 12.5. The molecule has 3 rings (SSSR count). The molecule has 126 valence electrons. The van der Waals surface area contributed by atoms with Crippen molar-refractivity contribution in [3.05, 3.63) is 66.2 Å². The molecule has 2 aromatic carbocycles. The van der Waals surface area contributed by atoms with Crippen molar-refractivity contribution in [3.8, 4) is 17.1 Å². The zero-order chi connectivity index (χ0) is 17.6. The van der Waals surface area contributed by atoms with Crippen molar-refractivity contribution in [2.24, 2.45) is 0 Å². The SMILES string of the molecule is C=C(C)COc1ccc(C(=O)Nc2ccccc2-c2nn[nH]n2)cc1. The molecule has 7 nitrogen and oxygen atoms in total. The van der Waals surface area contributed by atoms with Crippen LogP contribution in [0, 0.1) is 0 Å². The van der Waals surface area contributed by atoms with Gasteiger partial charge in [-0.05, 0) is 54.1 Å². The normalized spacial score (nSPS) is 10.3. The molecule has 0 atom stereocenters. The predicted molar refractivity (Wildman–Crippen MR) is 94.3 cm³/mol. The fraction of sp³-hybridized carbons (Fsp3) is 0.111. The molecule has 3 aromatic rings. The van der Waals surface area contributed by atoms with Gasteiger partial charge in [-0.1, -0.05) is 18.7 Å². The Kier molecular flexibility index (Phi) is 4.84.